The lowest BCUT2D eigenvalue weighted by Crippen LogP contribution is -2.45. The first-order chi connectivity index (χ1) is 12.7. The van der Waals surface area contributed by atoms with Crippen LogP contribution in [-0.2, 0) is 6.54 Å². The van der Waals surface area contributed by atoms with Gasteiger partial charge in [-0.2, -0.15) is 0 Å². The van der Waals surface area contributed by atoms with Gasteiger partial charge in [0, 0.05) is 36.6 Å². The Morgan fingerprint density at radius 1 is 1.23 bits per heavy atom. The van der Waals surface area contributed by atoms with Crippen LogP contribution in [0.4, 0.5) is 5.69 Å². The zero-order valence-electron chi connectivity index (χ0n) is 15.2. The van der Waals surface area contributed by atoms with Gasteiger partial charge in [-0.15, -0.1) is 11.3 Å². The lowest BCUT2D eigenvalue weighted by Gasteiger charge is -2.32. The highest BCUT2D eigenvalue weighted by molar-refractivity contribution is 7.80. The van der Waals surface area contributed by atoms with Crippen LogP contribution in [0.15, 0.2) is 35.7 Å². The molecule has 1 aliphatic heterocycles. The van der Waals surface area contributed by atoms with Gasteiger partial charge >= 0.3 is 0 Å². The lowest BCUT2D eigenvalue weighted by molar-refractivity contribution is 0.201. The van der Waals surface area contributed by atoms with Gasteiger partial charge in [0.25, 0.3) is 0 Å². The molecule has 26 heavy (non-hydrogen) atoms. The SMILES string of the molecule is COc1ccc(NC(=S)NC2CCN(Cc3cccs3)CC2)c(OC)c1. The van der Waals surface area contributed by atoms with E-state index in [1.165, 1.54) is 4.88 Å². The van der Waals surface area contributed by atoms with Crippen molar-refractivity contribution in [2.45, 2.75) is 25.4 Å². The molecule has 5 nitrogen and oxygen atoms in total. The van der Waals surface area contributed by atoms with Crippen molar-refractivity contribution in [3.05, 3.63) is 40.6 Å². The van der Waals surface area contributed by atoms with Crippen LogP contribution in [0.2, 0.25) is 0 Å². The number of nitrogens with one attached hydrogen (secondary N) is 2. The van der Waals surface area contributed by atoms with Gasteiger partial charge in [0.2, 0.25) is 0 Å². The summed E-state index contributed by atoms with van der Waals surface area (Å²) in [6.07, 6.45) is 2.18. The van der Waals surface area contributed by atoms with Crippen molar-refractivity contribution in [1.82, 2.24) is 10.2 Å². The zero-order valence-corrected chi connectivity index (χ0v) is 16.8. The van der Waals surface area contributed by atoms with Crippen molar-refractivity contribution >= 4 is 34.4 Å². The van der Waals surface area contributed by atoms with Crippen molar-refractivity contribution < 1.29 is 9.47 Å². The van der Waals surface area contributed by atoms with Gasteiger partial charge in [-0.3, -0.25) is 4.90 Å². The van der Waals surface area contributed by atoms with Crippen LogP contribution in [0.25, 0.3) is 0 Å². The van der Waals surface area contributed by atoms with Crippen LogP contribution in [-0.4, -0.2) is 43.4 Å². The lowest BCUT2D eigenvalue weighted by atomic mass is 10.1. The van der Waals surface area contributed by atoms with Crippen molar-refractivity contribution in [2.24, 2.45) is 0 Å². The minimum atomic E-state index is 0.402. The van der Waals surface area contributed by atoms with Crippen LogP contribution >= 0.6 is 23.6 Å². The first-order valence-corrected chi connectivity index (χ1v) is 10.0. The van der Waals surface area contributed by atoms with E-state index in [-0.39, 0.29) is 0 Å². The number of piperidine rings is 1. The Balaban J connectivity index is 1.47. The second kappa shape index (κ2) is 9.21. The van der Waals surface area contributed by atoms with E-state index < -0.39 is 0 Å². The first kappa shape index (κ1) is 18.9. The highest BCUT2D eigenvalue weighted by Crippen LogP contribution is 2.29. The Morgan fingerprint density at radius 3 is 2.69 bits per heavy atom. The van der Waals surface area contributed by atoms with Crippen molar-refractivity contribution in [3.8, 4) is 11.5 Å². The predicted octanol–water partition coefficient (Wildman–Crippen LogP) is 3.72. The molecular formula is C19H25N3O2S2. The number of anilines is 1. The topological polar surface area (TPSA) is 45.8 Å². The van der Waals surface area contributed by atoms with Gasteiger partial charge in [0.05, 0.1) is 19.9 Å². The van der Waals surface area contributed by atoms with E-state index in [1.807, 2.05) is 29.5 Å². The molecule has 2 heterocycles. The minimum absolute atomic E-state index is 0.402. The van der Waals surface area contributed by atoms with Gasteiger partial charge < -0.3 is 20.1 Å². The Kier molecular flexibility index (Phi) is 6.71. The minimum Gasteiger partial charge on any atom is -0.497 e. The normalized spacial score (nSPS) is 15.5. The summed E-state index contributed by atoms with van der Waals surface area (Å²) in [5.74, 6) is 1.46. The van der Waals surface area contributed by atoms with E-state index in [4.69, 9.17) is 21.7 Å². The molecule has 1 aliphatic rings. The number of thiophene rings is 1. The molecule has 0 unspecified atom stereocenters. The van der Waals surface area contributed by atoms with Gasteiger partial charge in [0.15, 0.2) is 5.11 Å². The second-order valence-corrected chi connectivity index (χ2v) is 7.73. The average molecular weight is 392 g/mol. The molecule has 7 heteroatoms. The molecule has 140 valence electrons. The molecule has 0 amide bonds. The van der Waals surface area contributed by atoms with E-state index in [0.29, 0.717) is 16.9 Å². The Labute approximate surface area is 164 Å². The van der Waals surface area contributed by atoms with Crippen molar-refractivity contribution in [3.63, 3.8) is 0 Å². The standard InChI is InChI=1S/C19H25N3O2S2/c1-23-15-5-6-17(18(12-15)24-2)21-19(25)20-14-7-9-22(10-8-14)13-16-4-3-11-26-16/h3-6,11-12,14H,7-10,13H2,1-2H3,(H2,20,21,25). The maximum Gasteiger partial charge on any atom is 0.171 e. The molecule has 0 bridgehead atoms. The molecule has 0 spiro atoms. The number of rotatable bonds is 6. The Hall–Kier alpha value is -1.83. The van der Waals surface area contributed by atoms with Crippen molar-refractivity contribution in [1.29, 1.82) is 0 Å². The second-order valence-electron chi connectivity index (χ2n) is 6.29. The summed E-state index contributed by atoms with van der Waals surface area (Å²) in [5, 5.41) is 9.44. The largest absolute Gasteiger partial charge is 0.497 e. The van der Waals surface area contributed by atoms with Crippen LogP contribution < -0.4 is 20.1 Å². The molecule has 1 aromatic carbocycles. The number of hydrogen-bond acceptors (Lipinski definition) is 5. The number of thiocarbonyl (C=S) groups is 1. The zero-order chi connectivity index (χ0) is 18.4. The van der Waals surface area contributed by atoms with Crippen LogP contribution in [0.3, 0.4) is 0 Å². The Bertz CT molecular complexity index is 714. The highest BCUT2D eigenvalue weighted by Gasteiger charge is 2.20. The van der Waals surface area contributed by atoms with Crippen LogP contribution in [0.5, 0.6) is 11.5 Å². The highest BCUT2D eigenvalue weighted by atomic mass is 32.1. The fourth-order valence-electron chi connectivity index (χ4n) is 3.10. The Morgan fingerprint density at radius 2 is 2.04 bits per heavy atom. The van der Waals surface area contributed by atoms with Crippen LogP contribution in [0.1, 0.15) is 17.7 Å². The number of ether oxygens (including phenoxy) is 2. The van der Waals surface area contributed by atoms with E-state index in [9.17, 15) is 0 Å². The first-order valence-electron chi connectivity index (χ1n) is 8.72. The molecule has 3 rings (SSSR count). The monoisotopic (exact) mass is 391 g/mol. The number of benzene rings is 1. The summed E-state index contributed by atoms with van der Waals surface area (Å²) in [4.78, 5) is 3.94. The average Bonchev–Trinajstić information content (AvgIpc) is 3.16. The summed E-state index contributed by atoms with van der Waals surface area (Å²) in [6, 6.07) is 10.4. The predicted molar refractivity (Wildman–Crippen MR) is 112 cm³/mol. The number of likely N-dealkylation sites (tertiary alicyclic amines) is 1. The molecule has 1 saturated heterocycles. The summed E-state index contributed by atoms with van der Waals surface area (Å²) in [7, 11) is 3.28. The third kappa shape index (κ3) is 5.09. The fraction of sp³-hybridized carbons (Fsp3) is 0.421. The van der Waals surface area contributed by atoms with Crippen LogP contribution in [0, 0.1) is 0 Å². The van der Waals surface area contributed by atoms with E-state index in [0.717, 1.165) is 43.9 Å². The molecule has 0 aliphatic carbocycles. The van der Waals surface area contributed by atoms with Gasteiger partial charge in [0.1, 0.15) is 11.5 Å². The quantitative estimate of drug-likeness (QED) is 0.732. The molecule has 2 N–H and O–H groups in total. The maximum absolute atomic E-state index is 5.49. The maximum atomic E-state index is 5.49. The van der Waals surface area contributed by atoms with Crippen molar-refractivity contribution in [2.75, 3.05) is 32.6 Å². The summed E-state index contributed by atoms with van der Waals surface area (Å²) < 4.78 is 10.6. The number of nitrogens with zero attached hydrogens (tertiary/aromatic N) is 1. The van der Waals surface area contributed by atoms with Gasteiger partial charge in [-0.1, -0.05) is 6.07 Å². The molecule has 1 aromatic heterocycles. The smallest absolute Gasteiger partial charge is 0.171 e. The van der Waals surface area contributed by atoms with E-state index >= 15 is 0 Å². The molecule has 0 radical (unpaired) electrons. The number of hydrogen-bond donors (Lipinski definition) is 2. The molecule has 0 saturated carbocycles. The summed E-state index contributed by atoms with van der Waals surface area (Å²) in [5.41, 5.74) is 0.834. The van der Waals surface area contributed by atoms with Gasteiger partial charge in [-0.25, -0.2) is 0 Å². The number of methoxy groups -OCH3 is 2. The van der Waals surface area contributed by atoms with E-state index in [2.05, 4.69) is 33.0 Å². The molecular weight excluding hydrogens is 366 g/mol. The summed E-state index contributed by atoms with van der Waals surface area (Å²) in [6.45, 7) is 3.23. The van der Waals surface area contributed by atoms with E-state index in [1.54, 1.807) is 14.2 Å². The summed E-state index contributed by atoms with van der Waals surface area (Å²) >= 11 is 7.31. The fourth-order valence-corrected chi connectivity index (χ4v) is 4.13. The third-order valence-electron chi connectivity index (χ3n) is 4.54. The molecule has 0 atom stereocenters. The third-order valence-corrected chi connectivity index (χ3v) is 5.62. The molecule has 2 aromatic rings. The molecule has 1 fully saturated rings. The van der Waals surface area contributed by atoms with Gasteiger partial charge in [-0.05, 0) is 48.6 Å².